The van der Waals surface area contributed by atoms with Crippen molar-refractivity contribution in [3.8, 4) is 0 Å². The lowest BCUT2D eigenvalue weighted by Crippen LogP contribution is -2.16. The van der Waals surface area contributed by atoms with Crippen molar-refractivity contribution in [2.24, 2.45) is 0 Å². The summed E-state index contributed by atoms with van der Waals surface area (Å²) in [4.78, 5) is 0. The predicted molar refractivity (Wildman–Crippen MR) is 73.8 cm³/mol. The lowest BCUT2D eigenvalue weighted by atomic mass is 9.72. The summed E-state index contributed by atoms with van der Waals surface area (Å²) in [6.45, 7) is 0. The molecule has 6 bridgehead atoms. The molecule has 0 aromatic heterocycles. The number of rotatable bonds is 0. The second-order valence-electron chi connectivity index (χ2n) is 7.55. The van der Waals surface area contributed by atoms with Gasteiger partial charge in [0.2, 0.25) is 0 Å². The molecule has 3 heteroatoms. The van der Waals surface area contributed by atoms with Gasteiger partial charge in [-0.15, -0.1) is 0 Å². The first-order valence-electron chi connectivity index (χ1n) is 8.60. The SMILES string of the molecule is C1CC2OC1c1c3c(c4c(c12)C1CCC4O1)C1CCC3O1. The van der Waals surface area contributed by atoms with Crippen LogP contribution >= 0.6 is 0 Å². The molecule has 6 aliphatic rings. The topological polar surface area (TPSA) is 27.7 Å². The molecule has 1 aromatic rings. The Balaban J connectivity index is 1.65. The highest BCUT2D eigenvalue weighted by atomic mass is 16.5. The fourth-order valence-corrected chi connectivity index (χ4v) is 6.14. The highest BCUT2D eigenvalue weighted by molar-refractivity contribution is 5.63. The molecule has 0 amide bonds. The van der Waals surface area contributed by atoms with Crippen molar-refractivity contribution in [1.29, 1.82) is 0 Å². The fraction of sp³-hybridized carbons (Fsp3) is 0.667. The first-order valence-corrected chi connectivity index (χ1v) is 8.60. The molecule has 0 aliphatic carbocycles. The molecule has 3 fully saturated rings. The minimum Gasteiger partial charge on any atom is -0.366 e. The smallest absolute Gasteiger partial charge is 0.0841 e. The maximum atomic E-state index is 6.30. The molecule has 6 aliphatic heterocycles. The van der Waals surface area contributed by atoms with Gasteiger partial charge >= 0.3 is 0 Å². The molecule has 3 saturated heterocycles. The molecule has 21 heavy (non-hydrogen) atoms. The van der Waals surface area contributed by atoms with Crippen LogP contribution in [0.25, 0.3) is 0 Å². The summed E-state index contributed by atoms with van der Waals surface area (Å²) in [6, 6.07) is 0. The maximum absolute atomic E-state index is 6.30. The summed E-state index contributed by atoms with van der Waals surface area (Å²) in [6.07, 6.45) is 9.34. The van der Waals surface area contributed by atoms with E-state index in [2.05, 4.69) is 0 Å². The summed E-state index contributed by atoms with van der Waals surface area (Å²) in [5.74, 6) is 0. The third-order valence-corrected chi connectivity index (χ3v) is 6.73. The van der Waals surface area contributed by atoms with Crippen LogP contribution in [0.3, 0.4) is 0 Å². The van der Waals surface area contributed by atoms with E-state index in [-0.39, 0.29) is 0 Å². The minimum absolute atomic E-state index is 0.353. The van der Waals surface area contributed by atoms with Gasteiger partial charge in [0.25, 0.3) is 0 Å². The summed E-state index contributed by atoms with van der Waals surface area (Å²) in [5, 5.41) is 0. The zero-order valence-electron chi connectivity index (χ0n) is 11.9. The van der Waals surface area contributed by atoms with E-state index in [9.17, 15) is 0 Å². The van der Waals surface area contributed by atoms with E-state index in [1.807, 2.05) is 0 Å². The normalized spacial score (nSPS) is 46.3. The van der Waals surface area contributed by atoms with Crippen LogP contribution in [0.15, 0.2) is 0 Å². The van der Waals surface area contributed by atoms with E-state index in [4.69, 9.17) is 14.2 Å². The molecule has 3 nitrogen and oxygen atoms in total. The van der Waals surface area contributed by atoms with Crippen molar-refractivity contribution in [3.05, 3.63) is 33.4 Å². The molecular formula is C18H18O3. The summed E-state index contributed by atoms with van der Waals surface area (Å²) >= 11 is 0. The number of ether oxygens (including phenoxy) is 3. The third-order valence-electron chi connectivity index (χ3n) is 6.73. The molecule has 0 N–H and O–H groups in total. The summed E-state index contributed by atoms with van der Waals surface area (Å²) < 4.78 is 18.9. The monoisotopic (exact) mass is 282 g/mol. The third kappa shape index (κ3) is 1.02. The fourth-order valence-electron chi connectivity index (χ4n) is 6.14. The van der Waals surface area contributed by atoms with Gasteiger partial charge in [-0.2, -0.15) is 0 Å². The van der Waals surface area contributed by atoms with Gasteiger partial charge in [0.05, 0.1) is 36.6 Å². The van der Waals surface area contributed by atoms with Gasteiger partial charge in [-0.05, 0) is 71.9 Å². The molecule has 0 saturated carbocycles. The van der Waals surface area contributed by atoms with Crippen LogP contribution in [0.2, 0.25) is 0 Å². The lowest BCUT2D eigenvalue weighted by molar-refractivity contribution is 0.0628. The standard InChI is InChI=1S/C18H18O3/c1-2-8-14-13(7(1)19-8)15-9-3-4-11(20-9)17(15)18-12-6-5-10(21-12)16(14)18/h7-12H,1-6H2. The van der Waals surface area contributed by atoms with Gasteiger partial charge in [0.15, 0.2) is 0 Å². The van der Waals surface area contributed by atoms with Crippen LogP contribution in [0, 0.1) is 0 Å². The highest BCUT2D eigenvalue weighted by Crippen LogP contribution is 2.67. The minimum atomic E-state index is 0.353. The Kier molecular flexibility index (Phi) is 1.65. The second-order valence-corrected chi connectivity index (χ2v) is 7.55. The molecule has 7 rings (SSSR count). The predicted octanol–water partition coefficient (Wildman–Crippen LogP) is 4.41. The highest BCUT2D eigenvalue weighted by Gasteiger charge is 2.55. The molecule has 108 valence electrons. The zero-order valence-corrected chi connectivity index (χ0v) is 11.9. The Morgan fingerprint density at radius 1 is 0.381 bits per heavy atom. The Morgan fingerprint density at radius 2 is 0.571 bits per heavy atom. The van der Waals surface area contributed by atoms with Gasteiger partial charge in [0.1, 0.15) is 0 Å². The van der Waals surface area contributed by atoms with E-state index >= 15 is 0 Å². The second kappa shape index (κ2) is 3.22. The number of benzene rings is 1. The average Bonchev–Trinajstić information content (AvgIpc) is 3.34. The number of hydrogen-bond acceptors (Lipinski definition) is 3. The van der Waals surface area contributed by atoms with Crippen LogP contribution in [-0.4, -0.2) is 0 Å². The van der Waals surface area contributed by atoms with Gasteiger partial charge in [0, 0.05) is 0 Å². The van der Waals surface area contributed by atoms with Crippen molar-refractivity contribution in [1.82, 2.24) is 0 Å². The summed E-state index contributed by atoms with van der Waals surface area (Å²) in [5.41, 5.74) is 9.27. The molecule has 1 aromatic carbocycles. The van der Waals surface area contributed by atoms with Gasteiger partial charge in [-0.1, -0.05) is 0 Å². The Morgan fingerprint density at radius 3 is 0.762 bits per heavy atom. The first-order chi connectivity index (χ1) is 10.4. The van der Waals surface area contributed by atoms with E-state index in [0.717, 1.165) is 0 Å². The Hall–Kier alpha value is -0.900. The van der Waals surface area contributed by atoms with Gasteiger partial charge < -0.3 is 14.2 Å². The van der Waals surface area contributed by atoms with Crippen molar-refractivity contribution in [2.45, 2.75) is 75.1 Å². The van der Waals surface area contributed by atoms with E-state index in [1.165, 1.54) is 38.5 Å². The quantitative estimate of drug-likeness (QED) is 0.705. The molecule has 0 spiro atoms. The van der Waals surface area contributed by atoms with E-state index < -0.39 is 0 Å². The Labute approximate surface area is 123 Å². The van der Waals surface area contributed by atoms with Crippen molar-refractivity contribution in [3.63, 3.8) is 0 Å². The van der Waals surface area contributed by atoms with Crippen molar-refractivity contribution in [2.75, 3.05) is 0 Å². The van der Waals surface area contributed by atoms with Crippen LogP contribution in [-0.2, 0) is 14.2 Å². The van der Waals surface area contributed by atoms with Crippen molar-refractivity contribution >= 4 is 0 Å². The zero-order chi connectivity index (χ0) is 13.3. The molecule has 6 atom stereocenters. The van der Waals surface area contributed by atoms with Crippen molar-refractivity contribution < 1.29 is 14.2 Å². The number of hydrogen-bond donors (Lipinski definition) is 0. The van der Waals surface area contributed by atoms with Crippen LogP contribution in [0.1, 0.15) is 109 Å². The average molecular weight is 282 g/mol. The lowest BCUT2D eigenvalue weighted by Gasteiger charge is -2.28. The van der Waals surface area contributed by atoms with Gasteiger partial charge in [-0.25, -0.2) is 0 Å². The Bertz CT molecular complexity index is 537. The largest absolute Gasteiger partial charge is 0.366 e. The van der Waals surface area contributed by atoms with Crippen LogP contribution in [0.5, 0.6) is 0 Å². The van der Waals surface area contributed by atoms with Crippen LogP contribution in [0.4, 0.5) is 0 Å². The molecule has 6 unspecified atom stereocenters. The maximum Gasteiger partial charge on any atom is 0.0841 e. The van der Waals surface area contributed by atoms with E-state index in [0.29, 0.717) is 36.6 Å². The van der Waals surface area contributed by atoms with Crippen LogP contribution < -0.4 is 0 Å². The molecule has 0 radical (unpaired) electrons. The molecule has 6 heterocycles. The molecular weight excluding hydrogens is 264 g/mol. The first kappa shape index (κ1) is 10.8. The van der Waals surface area contributed by atoms with E-state index in [1.54, 1.807) is 33.4 Å². The summed E-state index contributed by atoms with van der Waals surface area (Å²) in [7, 11) is 0. The van der Waals surface area contributed by atoms with Gasteiger partial charge in [-0.3, -0.25) is 0 Å². The number of fused-ring (bicyclic) bond motifs is 18.